The van der Waals surface area contributed by atoms with Crippen LogP contribution < -0.4 is 0 Å². The Morgan fingerprint density at radius 1 is 0.275 bits per heavy atom. The third-order valence-electron chi connectivity index (χ3n) is 18.6. The zero-order valence-electron chi connectivity index (χ0n) is 65.8. The Morgan fingerprint density at radius 3 is 0.755 bits per heavy atom. The van der Waals surface area contributed by atoms with E-state index < -0.39 is 97.5 Å². The highest BCUT2D eigenvalue weighted by Crippen LogP contribution is 2.45. The van der Waals surface area contributed by atoms with E-state index in [1.807, 2.05) is 0 Å². The number of unbranched alkanes of at least 4 members (excludes halogenated alkanes) is 49. The van der Waals surface area contributed by atoms with Gasteiger partial charge >= 0.3 is 39.5 Å². The molecule has 0 saturated carbocycles. The van der Waals surface area contributed by atoms with E-state index in [9.17, 15) is 43.2 Å². The highest BCUT2D eigenvalue weighted by molar-refractivity contribution is 7.47. The maximum atomic E-state index is 13.1. The zero-order valence-corrected chi connectivity index (χ0v) is 67.6. The molecule has 19 heteroatoms. The van der Waals surface area contributed by atoms with Crippen molar-refractivity contribution in [1.82, 2.24) is 0 Å². The number of allylic oxidation sites excluding steroid dienone is 6. The number of phosphoric ester groups is 2. The Bertz CT molecular complexity index is 2070. The van der Waals surface area contributed by atoms with E-state index in [4.69, 9.17) is 37.0 Å². The van der Waals surface area contributed by atoms with Crippen molar-refractivity contribution in [2.45, 2.75) is 431 Å². The topological polar surface area (TPSA) is 237 Å². The van der Waals surface area contributed by atoms with Crippen LogP contribution in [0.2, 0.25) is 0 Å². The summed E-state index contributed by atoms with van der Waals surface area (Å²) in [7, 11) is -9.94. The molecule has 0 aromatic carbocycles. The van der Waals surface area contributed by atoms with Crippen molar-refractivity contribution < 1.29 is 80.2 Å². The van der Waals surface area contributed by atoms with Crippen LogP contribution in [0.25, 0.3) is 0 Å². The molecule has 102 heavy (non-hydrogen) atoms. The predicted molar refractivity (Wildman–Crippen MR) is 418 cm³/mol. The maximum absolute atomic E-state index is 13.1. The number of carbonyl (C=O) groups excluding carboxylic acids is 4. The fourth-order valence-electron chi connectivity index (χ4n) is 12.1. The summed E-state index contributed by atoms with van der Waals surface area (Å²) >= 11 is 0. The summed E-state index contributed by atoms with van der Waals surface area (Å²) in [6, 6.07) is 0. The molecule has 3 N–H and O–H groups in total. The minimum Gasteiger partial charge on any atom is -0.462 e. The van der Waals surface area contributed by atoms with Gasteiger partial charge in [0.25, 0.3) is 0 Å². The average Bonchev–Trinajstić information content (AvgIpc) is 1.10. The number of aliphatic hydroxyl groups is 1. The van der Waals surface area contributed by atoms with Crippen molar-refractivity contribution in [3.05, 3.63) is 36.5 Å². The molecule has 2 unspecified atom stereocenters. The molecule has 0 aliphatic rings. The Morgan fingerprint density at radius 2 is 0.480 bits per heavy atom. The first kappa shape index (κ1) is 99.3. The molecule has 600 valence electrons. The second kappa shape index (κ2) is 76.5. The van der Waals surface area contributed by atoms with Gasteiger partial charge in [-0.05, 0) is 83.5 Å². The highest BCUT2D eigenvalue weighted by Gasteiger charge is 2.30. The summed E-state index contributed by atoms with van der Waals surface area (Å²) in [4.78, 5) is 73.1. The molecular formula is C83H156O17P2. The van der Waals surface area contributed by atoms with Gasteiger partial charge in [0.05, 0.1) is 26.4 Å². The number of ether oxygens (including phenoxy) is 4. The van der Waals surface area contributed by atoms with Gasteiger partial charge in [-0.15, -0.1) is 0 Å². The number of esters is 4. The van der Waals surface area contributed by atoms with Crippen molar-refractivity contribution >= 4 is 39.5 Å². The molecule has 0 saturated heterocycles. The Balaban J connectivity index is 5.32. The van der Waals surface area contributed by atoms with Gasteiger partial charge in [0.15, 0.2) is 12.2 Å². The first-order valence-electron chi connectivity index (χ1n) is 42.2. The van der Waals surface area contributed by atoms with E-state index >= 15 is 0 Å². The smallest absolute Gasteiger partial charge is 0.462 e. The quantitative estimate of drug-likeness (QED) is 0.0169. The van der Waals surface area contributed by atoms with Crippen LogP contribution in [-0.4, -0.2) is 96.7 Å². The van der Waals surface area contributed by atoms with Crippen molar-refractivity contribution in [2.24, 2.45) is 0 Å². The third kappa shape index (κ3) is 75.5. The van der Waals surface area contributed by atoms with E-state index in [0.717, 1.165) is 128 Å². The van der Waals surface area contributed by atoms with Gasteiger partial charge in [-0.3, -0.25) is 37.3 Å². The number of aliphatic hydroxyl groups excluding tert-OH is 1. The lowest BCUT2D eigenvalue weighted by Gasteiger charge is -2.21. The van der Waals surface area contributed by atoms with E-state index in [1.165, 1.54) is 205 Å². The standard InChI is InChI=1S/C83H156O17P2/c1-5-9-13-17-21-25-29-33-37-38-42-46-50-54-58-62-66-70-83(88)100-79(74-94-81(86)68-64-60-56-52-48-44-40-35-31-27-23-19-15-11-7-3)76-98-102(91,92)96-72-77(84)71-95-101(89,90)97-75-78(99-82(87)69-65-61-57-53-49-45-41-36-32-28-24-20-16-12-8-4)73-93-80(85)67-63-59-55-51-47-43-39-34-30-26-22-18-14-10-6-2/h24,28,34,36,39,41,77-79,84H,5-23,25-27,29-33,35,37-38,40,42-76H2,1-4H3,(H,89,90)(H,91,92)/b28-24-,39-34-,41-36-/t77-,78-,79-/m1/s1. The highest BCUT2D eigenvalue weighted by atomic mass is 31.2. The van der Waals surface area contributed by atoms with Crippen molar-refractivity contribution in [3.63, 3.8) is 0 Å². The van der Waals surface area contributed by atoms with E-state index in [1.54, 1.807) is 0 Å². The summed E-state index contributed by atoms with van der Waals surface area (Å²) in [5, 5.41) is 10.7. The second-order valence-corrected chi connectivity index (χ2v) is 31.7. The fourth-order valence-corrected chi connectivity index (χ4v) is 13.7. The third-order valence-corrected chi connectivity index (χ3v) is 20.5. The largest absolute Gasteiger partial charge is 0.472 e. The molecule has 17 nitrogen and oxygen atoms in total. The number of rotatable bonds is 81. The molecule has 0 bridgehead atoms. The number of carbonyl (C=O) groups is 4. The van der Waals surface area contributed by atoms with Crippen molar-refractivity contribution in [1.29, 1.82) is 0 Å². The van der Waals surface area contributed by atoms with Gasteiger partial charge in [-0.1, -0.05) is 340 Å². The zero-order chi connectivity index (χ0) is 74.6. The van der Waals surface area contributed by atoms with E-state index in [0.29, 0.717) is 25.7 Å². The predicted octanol–water partition coefficient (Wildman–Crippen LogP) is 24.7. The molecule has 0 radical (unpaired) electrons. The Labute approximate surface area is 624 Å². The van der Waals surface area contributed by atoms with Crippen LogP contribution in [0.15, 0.2) is 36.5 Å². The fraction of sp³-hybridized carbons (Fsp3) is 0.880. The molecule has 0 amide bonds. The summed E-state index contributed by atoms with van der Waals surface area (Å²) in [5.74, 6) is -2.15. The first-order chi connectivity index (χ1) is 49.7. The first-order valence-corrected chi connectivity index (χ1v) is 45.2. The van der Waals surface area contributed by atoms with Crippen LogP contribution in [0.1, 0.15) is 413 Å². The minimum absolute atomic E-state index is 0.0836. The van der Waals surface area contributed by atoms with E-state index in [-0.39, 0.29) is 25.7 Å². The second-order valence-electron chi connectivity index (χ2n) is 28.8. The Hall–Kier alpha value is -2.72. The van der Waals surface area contributed by atoms with Gasteiger partial charge in [0, 0.05) is 25.7 Å². The summed E-state index contributed by atoms with van der Waals surface area (Å²) in [6.07, 6.45) is 73.9. The number of hydrogen-bond acceptors (Lipinski definition) is 15. The molecule has 0 aromatic heterocycles. The molecular weight excluding hydrogens is 1330 g/mol. The van der Waals surface area contributed by atoms with Gasteiger partial charge in [-0.2, -0.15) is 0 Å². The van der Waals surface area contributed by atoms with Crippen molar-refractivity contribution in [3.8, 4) is 0 Å². The van der Waals surface area contributed by atoms with Crippen LogP contribution in [0.3, 0.4) is 0 Å². The van der Waals surface area contributed by atoms with Crippen LogP contribution in [0.4, 0.5) is 0 Å². The van der Waals surface area contributed by atoms with Gasteiger partial charge in [0.1, 0.15) is 19.3 Å². The van der Waals surface area contributed by atoms with Crippen LogP contribution in [0, 0.1) is 0 Å². The molecule has 5 atom stereocenters. The van der Waals surface area contributed by atoms with Crippen LogP contribution >= 0.6 is 15.6 Å². The lowest BCUT2D eigenvalue weighted by atomic mass is 10.0. The van der Waals surface area contributed by atoms with Crippen LogP contribution in [-0.2, 0) is 65.4 Å². The van der Waals surface area contributed by atoms with E-state index in [2.05, 4.69) is 64.2 Å². The molecule has 0 fully saturated rings. The van der Waals surface area contributed by atoms with Gasteiger partial charge in [0.2, 0.25) is 0 Å². The number of hydrogen-bond donors (Lipinski definition) is 3. The molecule has 0 aliphatic carbocycles. The van der Waals surface area contributed by atoms with Gasteiger partial charge < -0.3 is 33.8 Å². The van der Waals surface area contributed by atoms with Gasteiger partial charge in [-0.25, -0.2) is 9.13 Å². The number of phosphoric acid groups is 2. The minimum atomic E-state index is -4.97. The lowest BCUT2D eigenvalue weighted by Crippen LogP contribution is -2.30. The summed E-state index contributed by atoms with van der Waals surface area (Å²) in [6.45, 7) is 4.94. The Kier molecular flexibility index (Phi) is 74.4. The molecule has 0 aliphatic heterocycles. The molecule has 0 aromatic rings. The molecule has 0 heterocycles. The monoisotopic (exact) mass is 1490 g/mol. The molecule has 0 rings (SSSR count). The van der Waals surface area contributed by atoms with Crippen molar-refractivity contribution in [2.75, 3.05) is 39.6 Å². The lowest BCUT2D eigenvalue weighted by molar-refractivity contribution is -0.161. The van der Waals surface area contributed by atoms with Crippen LogP contribution in [0.5, 0.6) is 0 Å². The summed E-state index contributed by atoms with van der Waals surface area (Å²) in [5.41, 5.74) is 0. The average molecular weight is 1490 g/mol. The summed E-state index contributed by atoms with van der Waals surface area (Å²) < 4.78 is 68.8. The SMILES string of the molecule is CCCCC/C=C\C/C=C\CCCCCCCC(=O)O[C@H](COC(=O)CCCCCCC/C=C\CCCCCCCC)COP(=O)(O)OC[C@@H](O)COP(=O)(O)OC[C@@H](COC(=O)CCCCCCCCCCCCCCCCC)OC(=O)CCCCCCCCCCCCCCCCCCC. The maximum Gasteiger partial charge on any atom is 0.472 e. The normalized spacial score (nSPS) is 14.0. The molecule has 0 spiro atoms.